The summed E-state index contributed by atoms with van der Waals surface area (Å²) in [7, 11) is 0. The summed E-state index contributed by atoms with van der Waals surface area (Å²) in [6.07, 6.45) is 21.9. The molecule has 0 heterocycles. The zero-order valence-corrected chi connectivity index (χ0v) is 17.0. The molecule has 1 aromatic carbocycles. The topological polar surface area (TPSA) is 49.3 Å². The minimum absolute atomic E-state index is 0.895. The van der Waals surface area contributed by atoms with Crippen LogP contribution in [0.4, 0.5) is 5.69 Å². The minimum Gasteiger partial charge on any atom is -0.478 e. The molecule has 150 valence electrons. The van der Waals surface area contributed by atoms with E-state index in [0.717, 1.165) is 36.7 Å². The molecule has 0 aromatic heterocycles. The van der Waals surface area contributed by atoms with Crippen molar-refractivity contribution in [3.05, 3.63) is 48.1 Å². The third-order valence-electron chi connectivity index (χ3n) is 4.60. The fraction of sp³-hybridized carbons (Fsp3) is 0.542. The van der Waals surface area contributed by atoms with E-state index in [2.05, 4.69) is 24.4 Å². The van der Waals surface area contributed by atoms with Gasteiger partial charge in [0.25, 0.3) is 0 Å². The van der Waals surface area contributed by atoms with Gasteiger partial charge in [0.05, 0.1) is 0 Å². The van der Waals surface area contributed by atoms with Crippen LogP contribution >= 0.6 is 0 Å². The Bertz CT molecular complexity index is 546. The number of aliphatic carboxylic acids is 1. The van der Waals surface area contributed by atoms with Crippen molar-refractivity contribution in [2.75, 3.05) is 11.9 Å². The zero-order chi connectivity index (χ0) is 19.6. The van der Waals surface area contributed by atoms with Gasteiger partial charge in [-0.15, -0.1) is 0 Å². The van der Waals surface area contributed by atoms with Crippen LogP contribution in [0.25, 0.3) is 6.08 Å². The third kappa shape index (κ3) is 13.8. The second-order valence-corrected chi connectivity index (χ2v) is 7.10. The SMILES string of the molecule is CCCCCCCCCCC=CCCCNc1ccc(C=CC(=O)O)cc1. The molecule has 1 aromatic rings. The number of carbonyl (C=O) groups is 1. The van der Waals surface area contributed by atoms with Crippen molar-refractivity contribution < 1.29 is 9.90 Å². The van der Waals surface area contributed by atoms with Gasteiger partial charge >= 0.3 is 5.97 Å². The van der Waals surface area contributed by atoms with E-state index < -0.39 is 5.97 Å². The first-order chi connectivity index (χ1) is 13.2. The first-order valence-electron chi connectivity index (χ1n) is 10.6. The number of carboxylic acids is 1. The van der Waals surface area contributed by atoms with Crippen molar-refractivity contribution in [3.63, 3.8) is 0 Å². The average Bonchev–Trinajstić information content (AvgIpc) is 2.67. The summed E-state index contributed by atoms with van der Waals surface area (Å²) in [6, 6.07) is 7.82. The van der Waals surface area contributed by atoms with Crippen LogP contribution in [0, 0.1) is 0 Å². The Balaban J connectivity index is 1.97. The monoisotopic (exact) mass is 371 g/mol. The van der Waals surface area contributed by atoms with Gasteiger partial charge in [0.2, 0.25) is 0 Å². The fourth-order valence-corrected chi connectivity index (χ4v) is 2.96. The number of anilines is 1. The Labute approximate surface area is 165 Å². The molecule has 0 fully saturated rings. The molecule has 0 radical (unpaired) electrons. The van der Waals surface area contributed by atoms with E-state index in [0.29, 0.717) is 0 Å². The summed E-state index contributed by atoms with van der Waals surface area (Å²) >= 11 is 0. The van der Waals surface area contributed by atoms with Gasteiger partial charge in [-0.2, -0.15) is 0 Å². The molecule has 1 rings (SSSR count). The number of rotatable bonds is 16. The molecule has 2 N–H and O–H groups in total. The number of unbranched alkanes of at least 4 members (excludes halogenated alkanes) is 9. The van der Waals surface area contributed by atoms with E-state index in [-0.39, 0.29) is 0 Å². The lowest BCUT2D eigenvalue weighted by Gasteiger charge is -2.05. The van der Waals surface area contributed by atoms with Crippen molar-refractivity contribution in [3.8, 4) is 0 Å². The molecule has 0 saturated heterocycles. The quantitative estimate of drug-likeness (QED) is 0.186. The van der Waals surface area contributed by atoms with Crippen molar-refractivity contribution in [2.45, 2.75) is 77.6 Å². The molecular weight excluding hydrogens is 334 g/mol. The highest BCUT2D eigenvalue weighted by Gasteiger charge is 1.93. The second kappa shape index (κ2) is 16.2. The summed E-state index contributed by atoms with van der Waals surface area (Å²) < 4.78 is 0. The third-order valence-corrected chi connectivity index (χ3v) is 4.60. The van der Waals surface area contributed by atoms with Crippen LogP contribution in [-0.2, 0) is 4.79 Å². The van der Waals surface area contributed by atoms with Gasteiger partial charge in [-0.05, 0) is 49.5 Å². The molecule has 27 heavy (non-hydrogen) atoms. The molecule has 3 heteroatoms. The summed E-state index contributed by atoms with van der Waals surface area (Å²) in [5, 5.41) is 12.0. The average molecular weight is 372 g/mol. The summed E-state index contributed by atoms with van der Waals surface area (Å²) in [4.78, 5) is 10.5. The van der Waals surface area contributed by atoms with Gasteiger partial charge in [-0.3, -0.25) is 0 Å². The molecule has 0 amide bonds. The van der Waals surface area contributed by atoms with Crippen LogP contribution in [0.5, 0.6) is 0 Å². The Morgan fingerprint density at radius 2 is 1.48 bits per heavy atom. The lowest BCUT2D eigenvalue weighted by molar-refractivity contribution is -0.131. The van der Waals surface area contributed by atoms with Crippen molar-refractivity contribution >= 4 is 17.7 Å². The lowest BCUT2D eigenvalue weighted by Crippen LogP contribution is -2.00. The Hall–Kier alpha value is -2.03. The summed E-state index contributed by atoms with van der Waals surface area (Å²) in [5.74, 6) is -0.923. The van der Waals surface area contributed by atoms with Crippen LogP contribution in [0.1, 0.15) is 83.1 Å². The highest BCUT2D eigenvalue weighted by atomic mass is 16.4. The highest BCUT2D eigenvalue weighted by Crippen LogP contribution is 2.12. The van der Waals surface area contributed by atoms with Crippen LogP contribution in [0.2, 0.25) is 0 Å². The van der Waals surface area contributed by atoms with Crippen LogP contribution in [-0.4, -0.2) is 17.6 Å². The first-order valence-corrected chi connectivity index (χ1v) is 10.6. The normalized spacial score (nSPS) is 11.4. The minimum atomic E-state index is -0.923. The number of allylic oxidation sites excluding steroid dienone is 2. The molecule has 0 aliphatic heterocycles. The molecule has 0 spiro atoms. The summed E-state index contributed by atoms with van der Waals surface area (Å²) in [5.41, 5.74) is 1.97. The highest BCUT2D eigenvalue weighted by molar-refractivity contribution is 5.85. The lowest BCUT2D eigenvalue weighted by atomic mass is 10.1. The van der Waals surface area contributed by atoms with E-state index >= 15 is 0 Å². The molecule has 0 bridgehead atoms. The number of hydrogen-bond donors (Lipinski definition) is 2. The largest absolute Gasteiger partial charge is 0.478 e. The number of benzene rings is 1. The molecule has 0 aliphatic carbocycles. The molecule has 0 aliphatic rings. The Kier molecular flexibility index (Phi) is 13.8. The molecule has 0 saturated carbocycles. The molecule has 0 atom stereocenters. The van der Waals surface area contributed by atoms with Crippen molar-refractivity contribution in [1.29, 1.82) is 0 Å². The van der Waals surface area contributed by atoms with Gasteiger partial charge < -0.3 is 10.4 Å². The van der Waals surface area contributed by atoms with E-state index in [9.17, 15) is 4.79 Å². The maximum Gasteiger partial charge on any atom is 0.328 e. The van der Waals surface area contributed by atoms with Gasteiger partial charge in [0.1, 0.15) is 0 Å². The zero-order valence-electron chi connectivity index (χ0n) is 17.0. The number of carboxylic acid groups (broad SMARTS) is 1. The van der Waals surface area contributed by atoms with E-state index in [1.807, 2.05) is 24.3 Å². The summed E-state index contributed by atoms with van der Waals surface area (Å²) in [6.45, 7) is 3.22. The predicted molar refractivity (Wildman–Crippen MR) is 117 cm³/mol. The van der Waals surface area contributed by atoms with Gasteiger partial charge in [0.15, 0.2) is 0 Å². The van der Waals surface area contributed by atoms with E-state index in [4.69, 9.17) is 5.11 Å². The Morgan fingerprint density at radius 3 is 2.11 bits per heavy atom. The van der Waals surface area contributed by atoms with Crippen LogP contribution in [0.15, 0.2) is 42.5 Å². The molecule has 3 nitrogen and oxygen atoms in total. The standard InChI is InChI=1S/C24H37NO2/c1-2-3-4-5-6-7-8-9-10-11-12-13-14-21-25-23-18-15-22(16-19-23)17-20-24(26)27/h11-12,15-20,25H,2-10,13-14,21H2,1H3,(H,26,27). The van der Waals surface area contributed by atoms with Crippen LogP contribution in [0.3, 0.4) is 0 Å². The van der Waals surface area contributed by atoms with Crippen LogP contribution < -0.4 is 5.32 Å². The maximum absolute atomic E-state index is 10.5. The van der Waals surface area contributed by atoms with E-state index in [1.54, 1.807) is 6.08 Å². The number of nitrogens with one attached hydrogen (secondary N) is 1. The maximum atomic E-state index is 10.5. The van der Waals surface area contributed by atoms with Crippen molar-refractivity contribution in [2.24, 2.45) is 0 Å². The predicted octanol–water partition coefficient (Wildman–Crippen LogP) is 7.06. The molecular formula is C24H37NO2. The number of hydrogen-bond acceptors (Lipinski definition) is 2. The fourth-order valence-electron chi connectivity index (χ4n) is 2.96. The smallest absolute Gasteiger partial charge is 0.328 e. The van der Waals surface area contributed by atoms with Gasteiger partial charge in [-0.1, -0.05) is 76.2 Å². The molecule has 0 unspecified atom stereocenters. The van der Waals surface area contributed by atoms with Crippen molar-refractivity contribution in [1.82, 2.24) is 0 Å². The second-order valence-electron chi connectivity index (χ2n) is 7.10. The Morgan fingerprint density at radius 1 is 0.889 bits per heavy atom. The van der Waals surface area contributed by atoms with E-state index in [1.165, 1.54) is 57.8 Å². The van der Waals surface area contributed by atoms with Gasteiger partial charge in [-0.25, -0.2) is 4.79 Å². The van der Waals surface area contributed by atoms with Gasteiger partial charge in [0, 0.05) is 18.3 Å². The first kappa shape index (κ1) is 23.0.